The second-order valence-electron chi connectivity index (χ2n) is 4.87. The van der Waals surface area contributed by atoms with Crippen molar-refractivity contribution in [3.05, 3.63) is 54.1 Å². The molecule has 0 N–H and O–H groups in total. The summed E-state index contributed by atoms with van der Waals surface area (Å²) >= 11 is 0. The lowest BCUT2D eigenvalue weighted by molar-refractivity contribution is 0.0468. The molecule has 0 atom stereocenters. The molecule has 2 rings (SSSR count). The van der Waals surface area contributed by atoms with E-state index in [2.05, 4.69) is 9.97 Å². The molecule has 0 aliphatic carbocycles. The maximum atomic E-state index is 12.0. The number of sulfonamides is 1. The first-order chi connectivity index (χ1) is 11.3. The molecule has 8 nitrogen and oxygen atoms in total. The smallest absolute Gasteiger partial charge is 0.358 e. The summed E-state index contributed by atoms with van der Waals surface area (Å²) in [5.41, 5.74) is 0.730. The van der Waals surface area contributed by atoms with E-state index in [-0.39, 0.29) is 5.69 Å². The van der Waals surface area contributed by atoms with Crippen LogP contribution in [0.4, 0.5) is 5.69 Å². The largest absolute Gasteiger partial charge is 0.453 e. The van der Waals surface area contributed by atoms with Crippen molar-refractivity contribution < 1.29 is 22.7 Å². The lowest BCUT2D eigenvalue weighted by atomic mass is 10.1. The predicted octanol–water partition coefficient (Wildman–Crippen LogP) is 0.912. The molecule has 0 spiro atoms. The van der Waals surface area contributed by atoms with Gasteiger partial charge in [-0.1, -0.05) is 0 Å². The van der Waals surface area contributed by atoms with Crippen molar-refractivity contribution in [1.29, 1.82) is 0 Å². The number of aromatic nitrogens is 2. The number of anilines is 1. The van der Waals surface area contributed by atoms with Crippen molar-refractivity contribution in [3.8, 4) is 0 Å². The van der Waals surface area contributed by atoms with Crippen LogP contribution in [0.2, 0.25) is 0 Å². The molecule has 0 saturated heterocycles. The van der Waals surface area contributed by atoms with Crippen LogP contribution in [0.1, 0.15) is 20.8 Å². The molecule has 9 heteroatoms. The van der Waals surface area contributed by atoms with Gasteiger partial charge in [-0.15, -0.1) is 0 Å². The molecule has 0 fully saturated rings. The van der Waals surface area contributed by atoms with Crippen molar-refractivity contribution in [2.45, 2.75) is 0 Å². The summed E-state index contributed by atoms with van der Waals surface area (Å²) < 4.78 is 28.9. The van der Waals surface area contributed by atoms with Gasteiger partial charge in [0.15, 0.2) is 18.1 Å². The molecule has 1 aromatic heterocycles. The first-order valence-electron chi connectivity index (χ1n) is 6.79. The summed E-state index contributed by atoms with van der Waals surface area (Å²) in [7, 11) is -1.96. The summed E-state index contributed by atoms with van der Waals surface area (Å²) in [5, 5.41) is 0. The fourth-order valence-electron chi connectivity index (χ4n) is 1.74. The Morgan fingerprint density at radius 3 is 2.38 bits per heavy atom. The third-order valence-electron chi connectivity index (χ3n) is 3.16. The van der Waals surface area contributed by atoms with E-state index in [1.807, 2.05) is 0 Å². The van der Waals surface area contributed by atoms with E-state index in [1.54, 1.807) is 0 Å². The highest BCUT2D eigenvalue weighted by molar-refractivity contribution is 7.92. The molecule has 0 amide bonds. The van der Waals surface area contributed by atoms with Gasteiger partial charge in [0.2, 0.25) is 10.0 Å². The van der Waals surface area contributed by atoms with Gasteiger partial charge in [0.05, 0.1) is 18.1 Å². The van der Waals surface area contributed by atoms with E-state index in [4.69, 9.17) is 4.74 Å². The fourth-order valence-corrected chi connectivity index (χ4v) is 2.25. The number of nitrogens with zero attached hydrogens (tertiary/aromatic N) is 3. The fraction of sp³-hybridized carbons (Fsp3) is 0.200. The maximum Gasteiger partial charge on any atom is 0.358 e. The number of carbonyl (C=O) groups is 2. The number of hydrogen-bond acceptors (Lipinski definition) is 7. The summed E-state index contributed by atoms with van der Waals surface area (Å²) in [5.74, 6) is -1.16. The molecule has 0 radical (unpaired) electrons. The molecule has 126 valence electrons. The zero-order chi connectivity index (χ0) is 17.7. The van der Waals surface area contributed by atoms with Crippen molar-refractivity contribution in [2.75, 3.05) is 24.2 Å². The van der Waals surface area contributed by atoms with E-state index < -0.39 is 28.4 Å². The highest BCUT2D eigenvalue weighted by Crippen LogP contribution is 2.16. The zero-order valence-corrected chi connectivity index (χ0v) is 13.9. The quantitative estimate of drug-likeness (QED) is 0.563. The summed E-state index contributed by atoms with van der Waals surface area (Å²) in [6.07, 6.45) is 5.08. The Bertz CT molecular complexity index is 835. The van der Waals surface area contributed by atoms with E-state index in [1.165, 1.54) is 49.9 Å². The number of carbonyl (C=O) groups excluding carboxylic acids is 2. The minimum Gasteiger partial charge on any atom is -0.453 e. The van der Waals surface area contributed by atoms with Gasteiger partial charge >= 0.3 is 5.97 Å². The van der Waals surface area contributed by atoms with Crippen LogP contribution in [-0.2, 0) is 14.8 Å². The predicted molar refractivity (Wildman–Crippen MR) is 86.3 cm³/mol. The third kappa shape index (κ3) is 4.35. The molecule has 0 bridgehead atoms. The Morgan fingerprint density at radius 1 is 1.17 bits per heavy atom. The number of Topliss-reactive ketones (excluding diaryl/α,β-unsaturated/α-hetero) is 1. The average Bonchev–Trinajstić information content (AvgIpc) is 2.58. The molecule has 1 aromatic carbocycles. The first kappa shape index (κ1) is 17.5. The molecule has 1 heterocycles. The van der Waals surface area contributed by atoms with Crippen LogP contribution in [0.25, 0.3) is 0 Å². The normalized spacial score (nSPS) is 10.9. The Hall–Kier alpha value is -2.81. The van der Waals surface area contributed by atoms with Crippen LogP contribution in [0.15, 0.2) is 42.9 Å². The number of hydrogen-bond donors (Lipinski definition) is 0. The topological polar surface area (TPSA) is 107 Å². The van der Waals surface area contributed by atoms with E-state index in [0.29, 0.717) is 11.3 Å². The minimum absolute atomic E-state index is 0.00965. The van der Waals surface area contributed by atoms with Crippen molar-refractivity contribution >= 4 is 27.5 Å². The van der Waals surface area contributed by atoms with Crippen LogP contribution >= 0.6 is 0 Å². The molecule has 0 unspecified atom stereocenters. The lowest BCUT2D eigenvalue weighted by Gasteiger charge is -2.16. The monoisotopic (exact) mass is 349 g/mol. The van der Waals surface area contributed by atoms with Crippen molar-refractivity contribution in [2.24, 2.45) is 0 Å². The van der Waals surface area contributed by atoms with Crippen LogP contribution in [0, 0.1) is 0 Å². The molecule has 0 aliphatic rings. The number of ketones is 1. The Morgan fingerprint density at radius 2 is 1.83 bits per heavy atom. The van der Waals surface area contributed by atoms with Crippen molar-refractivity contribution in [3.63, 3.8) is 0 Å². The van der Waals surface area contributed by atoms with Gasteiger partial charge in [0.1, 0.15) is 0 Å². The van der Waals surface area contributed by atoms with Gasteiger partial charge in [0, 0.05) is 25.0 Å². The van der Waals surface area contributed by atoms with Crippen LogP contribution in [-0.4, -0.2) is 50.0 Å². The van der Waals surface area contributed by atoms with Gasteiger partial charge in [0.25, 0.3) is 0 Å². The standard InChI is InChI=1S/C15H15N3O5S/c1-18(24(2,21)22)12-5-3-11(4-6-12)14(19)10-23-15(20)13-9-16-7-8-17-13/h3-9H,10H2,1-2H3. The van der Waals surface area contributed by atoms with E-state index in [9.17, 15) is 18.0 Å². The van der Waals surface area contributed by atoms with Crippen LogP contribution < -0.4 is 4.31 Å². The number of esters is 1. The first-order valence-corrected chi connectivity index (χ1v) is 8.64. The highest BCUT2D eigenvalue weighted by Gasteiger charge is 2.15. The Kier molecular flexibility index (Phi) is 5.24. The minimum atomic E-state index is -3.37. The summed E-state index contributed by atoms with van der Waals surface area (Å²) in [4.78, 5) is 31.2. The Balaban J connectivity index is 1.99. The highest BCUT2D eigenvalue weighted by atomic mass is 32.2. The van der Waals surface area contributed by atoms with Crippen LogP contribution in [0.3, 0.4) is 0 Å². The third-order valence-corrected chi connectivity index (χ3v) is 4.36. The molecular formula is C15H15N3O5S. The van der Waals surface area contributed by atoms with Gasteiger partial charge in [-0.25, -0.2) is 18.2 Å². The van der Waals surface area contributed by atoms with Crippen molar-refractivity contribution in [1.82, 2.24) is 9.97 Å². The van der Waals surface area contributed by atoms with Gasteiger partial charge in [-0.3, -0.25) is 14.1 Å². The summed E-state index contributed by atoms with van der Waals surface area (Å²) in [6, 6.07) is 5.93. The molecule has 0 aliphatic heterocycles. The number of benzene rings is 1. The molecular weight excluding hydrogens is 334 g/mol. The van der Waals surface area contributed by atoms with Gasteiger partial charge in [-0.2, -0.15) is 0 Å². The van der Waals surface area contributed by atoms with E-state index >= 15 is 0 Å². The zero-order valence-electron chi connectivity index (χ0n) is 13.0. The second kappa shape index (κ2) is 7.18. The molecule has 0 saturated carbocycles. The lowest BCUT2D eigenvalue weighted by Crippen LogP contribution is -2.24. The SMILES string of the molecule is CN(c1ccc(C(=O)COC(=O)c2cnccn2)cc1)S(C)(=O)=O. The molecule has 2 aromatic rings. The van der Waals surface area contributed by atoms with E-state index in [0.717, 1.165) is 10.6 Å². The summed E-state index contributed by atoms with van der Waals surface area (Å²) in [6.45, 7) is -0.448. The number of ether oxygens (including phenoxy) is 1. The average molecular weight is 349 g/mol. The van der Waals surface area contributed by atoms with Gasteiger partial charge in [-0.05, 0) is 24.3 Å². The second-order valence-corrected chi connectivity index (χ2v) is 6.88. The number of rotatable bonds is 6. The van der Waals surface area contributed by atoms with Gasteiger partial charge < -0.3 is 4.74 Å². The maximum absolute atomic E-state index is 12.0. The molecule has 24 heavy (non-hydrogen) atoms. The Labute approximate surface area is 139 Å². The van der Waals surface area contributed by atoms with Crippen LogP contribution in [0.5, 0.6) is 0 Å².